The summed E-state index contributed by atoms with van der Waals surface area (Å²) in [5.41, 5.74) is 3.40. The normalized spacial score (nSPS) is 13.1. The molecule has 1 amide bonds. The van der Waals surface area contributed by atoms with Crippen LogP contribution in [0.4, 0.5) is 10.2 Å². The topological polar surface area (TPSA) is 97.6 Å². The van der Waals surface area contributed by atoms with E-state index >= 15 is 0 Å². The molecule has 2 N–H and O–H groups in total. The van der Waals surface area contributed by atoms with Crippen LogP contribution in [0.15, 0.2) is 49.2 Å². The molecule has 2 atom stereocenters. The Kier molecular flexibility index (Phi) is 8.11. The van der Waals surface area contributed by atoms with Gasteiger partial charge in [-0.2, -0.15) is 5.10 Å². The summed E-state index contributed by atoms with van der Waals surface area (Å²) in [6, 6.07) is 7.50. The summed E-state index contributed by atoms with van der Waals surface area (Å²) in [5.74, 6) is 0.547. The van der Waals surface area contributed by atoms with Crippen molar-refractivity contribution in [1.82, 2.24) is 30.0 Å². The first-order chi connectivity index (χ1) is 17.8. The van der Waals surface area contributed by atoms with Gasteiger partial charge in [0.25, 0.3) is 5.91 Å². The maximum atomic E-state index is 14.4. The molecule has 1 unspecified atom stereocenters. The highest BCUT2D eigenvalue weighted by molar-refractivity contribution is 6.06. The maximum absolute atomic E-state index is 14.4. The molecule has 0 aliphatic rings. The van der Waals surface area contributed by atoms with Crippen molar-refractivity contribution < 1.29 is 9.18 Å². The smallest absolute Gasteiger partial charge is 0.254 e. The van der Waals surface area contributed by atoms with Crippen LogP contribution in [-0.4, -0.2) is 44.2 Å². The lowest BCUT2D eigenvalue weighted by Gasteiger charge is -2.22. The Labute approximate surface area is 216 Å². The monoisotopic (exact) mass is 503 g/mol. The average molecular weight is 504 g/mol. The van der Waals surface area contributed by atoms with Crippen LogP contribution >= 0.6 is 0 Å². The summed E-state index contributed by atoms with van der Waals surface area (Å²) in [6.07, 6.45) is 7.60. The molecule has 0 saturated carbocycles. The molecule has 3 aromatic heterocycles. The number of hydrogen-bond acceptors (Lipinski definition) is 6. The third-order valence-electron chi connectivity index (χ3n) is 6.82. The van der Waals surface area contributed by atoms with Crippen LogP contribution in [-0.2, 0) is 6.54 Å². The molecule has 4 rings (SSSR count). The van der Waals surface area contributed by atoms with E-state index in [1.54, 1.807) is 12.4 Å². The molecule has 0 aliphatic heterocycles. The van der Waals surface area contributed by atoms with Crippen molar-refractivity contribution >= 4 is 22.6 Å². The molecule has 8 nitrogen and oxygen atoms in total. The van der Waals surface area contributed by atoms with Gasteiger partial charge in [0, 0.05) is 43.4 Å². The molecule has 0 spiro atoms. The molecule has 0 bridgehead atoms. The van der Waals surface area contributed by atoms with E-state index in [1.807, 2.05) is 35.3 Å². The highest BCUT2D eigenvalue weighted by atomic mass is 19.1. The maximum Gasteiger partial charge on any atom is 0.254 e. The molecule has 0 aliphatic carbocycles. The van der Waals surface area contributed by atoms with Crippen molar-refractivity contribution in [2.24, 2.45) is 11.8 Å². The van der Waals surface area contributed by atoms with Crippen LogP contribution in [0.3, 0.4) is 0 Å². The molecule has 4 aromatic rings. The predicted molar refractivity (Wildman–Crippen MR) is 144 cm³/mol. The van der Waals surface area contributed by atoms with Crippen LogP contribution in [0.5, 0.6) is 0 Å². The van der Waals surface area contributed by atoms with Gasteiger partial charge in [0.1, 0.15) is 12.1 Å². The van der Waals surface area contributed by atoms with E-state index in [2.05, 4.69) is 58.4 Å². The zero-order valence-electron chi connectivity index (χ0n) is 22.0. The molecule has 0 saturated heterocycles. The summed E-state index contributed by atoms with van der Waals surface area (Å²) in [7, 11) is 1.49. The number of hydrogen-bond donors (Lipinski definition) is 2. The molecule has 194 valence electrons. The highest BCUT2D eigenvalue weighted by Crippen LogP contribution is 2.32. The van der Waals surface area contributed by atoms with Gasteiger partial charge in [-0.3, -0.25) is 14.5 Å². The largest absolute Gasteiger partial charge is 0.370 e. The number of rotatable bonds is 10. The van der Waals surface area contributed by atoms with Crippen LogP contribution in [0, 0.1) is 17.7 Å². The lowest BCUT2D eigenvalue weighted by Crippen LogP contribution is -2.21. The molecule has 0 radical (unpaired) electrons. The second-order valence-electron chi connectivity index (χ2n) is 9.91. The van der Waals surface area contributed by atoms with Gasteiger partial charge in [-0.05, 0) is 29.7 Å². The number of aromatic nitrogens is 5. The molecule has 37 heavy (non-hydrogen) atoms. The standard InChI is InChI=1S/C28H34FN7O/c1-17(2)9-10-36-15-20(13-35-36)24-11-25(34-16-33-24)31-12-18(3)19(4)21-7-6-8-22-26(28(37)30-5)23(29)14-32-27(21)22/h6-8,11,13-19H,9-10,12H2,1-5H3,(H,30,37)(H,31,33,34)/t18-,19?/m1/s1. The number of amides is 1. The Morgan fingerprint density at radius 3 is 2.68 bits per heavy atom. The van der Waals surface area contributed by atoms with Gasteiger partial charge >= 0.3 is 0 Å². The summed E-state index contributed by atoms with van der Waals surface area (Å²) < 4.78 is 16.4. The number of nitrogens with zero attached hydrogens (tertiary/aromatic N) is 5. The minimum Gasteiger partial charge on any atom is -0.370 e. The summed E-state index contributed by atoms with van der Waals surface area (Å²) in [4.78, 5) is 25.5. The van der Waals surface area contributed by atoms with Crippen LogP contribution in [0.25, 0.3) is 22.2 Å². The number of anilines is 1. The Morgan fingerprint density at radius 1 is 1.11 bits per heavy atom. The van der Waals surface area contributed by atoms with E-state index in [0.29, 0.717) is 23.4 Å². The zero-order valence-corrected chi connectivity index (χ0v) is 22.0. The summed E-state index contributed by atoms with van der Waals surface area (Å²) in [5, 5.41) is 10.9. The Hall–Kier alpha value is -3.88. The number of fused-ring (bicyclic) bond motifs is 1. The van der Waals surface area contributed by atoms with E-state index in [0.717, 1.165) is 41.8 Å². The van der Waals surface area contributed by atoms with Gasteiger partial charge in [0.2, 0.25) is 0 Å². The molecule has 3 heterocycles. The number of carbonyl (C=O) groups is 1. The fourth-order valence-electron chi connectivity index (χ4n) is 4.31. The van der Waals surface area contributed by atoms with Crippen molar-refractivity contribution in [3.63, 3.8) is 0 Å². The molecule has 9 heteroatoms. The molecular formula is C28H34FN7O. The Balaban J connectivity index is 1.48. The number of pyridine rings is 1. The molecule has 1 aromatic carbocycles. The minimum absolute atomic E-state index is 0.0216. The van der Waals surface area contributed by atoms with Crippen LogP contribution in [0.2, 0.25) is 0 Å². The van der Waals surface area contributed by atoms with E-state index in [-0.39, 0.29) is 17.4 Å². The SMILES string of the molecule is CNC(=O)c1c(F)cnc2c(C(C)[C@H](C)CNc3cc(-c4cnn(CCC(C)C)c4)ncn3)cccc12. The van der Waals surface area contributed by atoms with E-state index < -0.39 is 11.7 Å². The van der Waals surface area contributed by atoms with Crippen molar-refractivity contribution in [1.29, 1.82) is 0 Å². The van der Waals surface area contributed by atoms with Gasteiger partial charge in [-0.15, -0.1) is 0 Å². The number of para-hydroxylation sites is 1. The third-order valence-corrected chi connectivity index (χ3v) is 6.82. The fourth-order valence-corrected chi connectivity index (χ4v) is 4.31. The predicted octanol–water partition coefficient (Wildman–Crippen LogP) is 5.28. The number of carbonyl (C=O) groups excluding carboxylic acids is 1. The summed E-state index contributed by atoms with van der Waals surface area (Å²) >= 11 is 0. The zero-order chi connectivity index (χ0) is 26.5. The number of aryl methyl sites for hydroxylation is 1. The van der Waals surface area contributed by atoms with Crippen LogP contribution < -0.4 is 10.6 Å². The molecular weight excluding hydrogens is 469 g/mol. The van der Waals surface area contributed by atoms with Crippen molar-refractivity contribution in [2.75, 3.05) is 18.9 Å². The number of benzene rings is 1. The first kappa shape index (κ1) is 26.2. The Bertz CT molecular complexity index is 1380. The lowest BCUT2D eigenvalue weighted by atomic mass is 9.87. The van der Waals surface area contributed by atoms with E-state index in [9.17, 15) is 9.18 Å². The van der Waals surface area contributed by atoms with E-state index in [1.165, 1.54) is 7.05 Å². The third kappa shape index (κ3) is 5.93. The van der Waals surface area contributed by atoms with Gasteiger partial charge in [-0.1, -0.05) is 45.9 Å². The minimum atomic E-state index is -0.628. The van der Waals surface area contributed by atoms with Crippen molar-refractivity contribution in [2.45, 2.75) is 46.6 Å². The van der Waals surface area contributed by atoms with Crippen LogP contribution in [0.1, 0.15) is 56.0 Å². The second-order valence-corrected chi connectivity index (χ2v) is 9.91. The summed E-state index contributed by atoms with van der Waals surface area (Å²) in [6.45, 7) is 10.2. The number of nitrogens with one attached hydrogen (secondary N) is 2. The first-order valence-electron chi connectivity index (χ1n) is 12.7. The molecule has 0 fully saturated rings. The number of halogens is 1. The average Bonchev–Trinajstić information content (AvgIpc) is 3.38. The van der Waals surface area contributed by atoms with Gasteiger partial charge < -0.3 is 10.6 Å². The Morgan fingerprint density at radius 2 is 1.92 bits per heavy atom. The quantitative estimate of drug-likeness (QED) is 0.305. The first-order valence-corrected chi connectivity index (χ1v) is 12.7. The fraction of sp³-hybridized carbons (Fsp3) is 0.393. The van der Waals surface area contributed by atoms with Crippen molar-refractivity contribution in [3.8, 4) is 11.3 Å². The highest BCUT2D eigenvalue weighted by Gasteiger charge is 2.22. The second kappa shape index (κ2) is 11.5. The van der Waals surface area contributed by atoms with Crippen molar-refractivity contribution in [3.05, 3.63) is 66.1 Å². The van der Waals surface area contributed by atoms with Gasteiger partial charge in [0.15, 0.2) is 5.82 Å². The van der Waals surface area contributed by atoms with Gasteiger partial charge in [0.05, 0.1) is 29.2 Å². The van der Waals surface area contributed by atoms with Gasteiger partial charge in [-0.25, -0.2) is 14.4 Å². The van der Waals surface area contributed by atoms with E-state index in [4.69, 9.17) is 0 Å². The lowest BCUT2D eigenvalue weighted by molar-refractivity contribution is 0.0960.